The van der Waals surface area contributed by atoms with Crippen LogP contribution in [-0.4, -0.2) is 35.7 Å². The summed E-state index contributed by atoms with van der Waals surface area (Å²) < 4.78 is 13.4. The molecule has 1 heterocycles. The van der Waals surface area contributed by atoms with Crippen LogP contribution in [0.4, 0.5) is 0 Å². The van der Waals surface area contributed by atoms with Gasteiger partial charge in [-0.15, -0.1) is 23.2 Å². The fraction of sp³-hybridized carbons (Fsp3) is 0.0781. The molecule has 1 fully saturated rings. The zero-order valence-corrected chi connectivity index (χ0v) is 77.3. The first-order chi connectivity index (χ1) is 65.6. The van der Waals surface area contributed by atoms with Crippen molar-refractivity contribution in [3.63, 3.8) is 0 Å². The fourth-order valence-corrected chi connectivity index (χ4v) is 22.5. The molecule has 1 aliphatic heterocycles. The molecule has 0 spiro atoms. The number of rotatable bonds is 10. The molecule has 1 saturated heterocycles. The van der Waals surface area contributed by atoms with Crippen LogP contribution in [0.3, 0.4) is 0 Å². The lowest BCUT2D eigenvalue weighted by Crippen LogP contribution is -2.41. The summed E-state index contributed by atoms with van der Waals surface area (Å²) in [7, 11) is -0.541. The van der Waals surface area contributed by atoms with E-state index in [2.05, 4.69) is 386 Å². The number of fused-ring (bicyclic) bond motifs is 18. The average molecular weight is 1860 g/mol. The van der Waals surface area contributed by atoms with Gasteiger partial charge >= 0.3 is 7.12 Å². The molecule has 0 aliphatic carbocycles. The van der Waals surface area contributed by atoms with Crippen molar-refractivity contribution < 1.29 is 18.9 Å². The maximum absolute atomic E-state index is 13.0. The van der Waals surface area contributed by atoms with E-state index >= 15 is 0 Å². The number of carbonyl (C=O) groups excluding carboxylic acids is 2. The molecular weight excluding hydrogens is 1760 g/mol. The monoisotopic (exact) mass is 1850 g/mol. The van der Waals surface area contributed by atoms with Gasteiger partial charge in [0.2, 0.25) is 0 Å². The maximum Gasteiger partial charge on any atom is 0.495 e. The predicted octanol–water partition coefficient (Wildman–Crippen LogP) is 36.7. The van der Waals surface area contributed by atoms with Crippen LogP contribution in [0.5, 0.6) is 0 Å². The van der Waals surface area contributed by atoms with Gasteiger partial charge in [0, 0.05) is 15.6 Å². The van der Waals surface area contributed by atoms with Gasteiger partial charge in [0.1, 0.15) is 11.1 Å². The smallest absolute Gasteiger partial charge is 0.399 e. The molecule has 26 aromatic carbocycles. The van der Waals surface area contributed by atoms with Crippen LogP contribution in [0.2, 0.25) is 0 Å². The van der Waals surface area contributed by atoms with Gasteiger partial charge in [-0.05, 0) is 333 Å². The Morgan fingerprint density at radius 3 is 0.993 bits per heavy atom. The van der Waals surface area contributed by atoms with Crippen LogP contribution in [0.15, 0.2) is 405 Å². The van der Waals surface area contributed by atoms with Crippen molar-refractivity contribution in [2.75, 3.05) is 0 Å². The fourth-order valence-electron chi connectivity index (χ4n) is 22.1. The second kappa shape index (κ2) is 34.3. The topological polar surface area (TPSA) is 52.6 Å². The third-order valence-electron chi connectivity index (χ3n) is 28.6. The highest BCUT2D eigenvalue weighted by molar-refractivity contribution is 9.10. The number of halogens is 3. The molecule has 0 saturated carbocycles. The van der Waals surface area contributed by atoms with Crippen molar-refractivity contribution in [2.24, 2.45) is 0 Å². The molecular formula is C128H92BBrCl2O4. The summed E-state index contributed by atoms with van der Waals surface area (Å²) in [4.78, 5) is 24.6. The largest absolute Gasteiger partial charge is 0.495 e. The van der Waals surface area contributed by atoms with Crippen molar-refractivity contribution in [1.29, 1.82) is 0 Å². The summed E-state index contributed by atoms with van der Waals surface area (Å²) in [5.41, 5.74) is 17.5. The van der Waals surface area contributed by atoms with Gasteiger partial charge in [0.25, 0.3) is 0 Å². The van der Waals surface area contributed by atoms with Gasteiger partial charge in [0.05, 0.1) is 11.2 Å². The minimum absolute atomic E-state index is 0. The van der Waals surface area contributed by atoms with Crippen LogP contribution >= 0.6 is 39.1 Å². The Hall–Kier alpha value is -14.7. The van der Waals surface area contributed by atoms with E-state index in [1.165, 1.54) is 211 Å². The van der Waals surface area contributed by atoms with Crippen LogP contribution in [0.25, 0.3) is 250 Å². The molecule has 1 aliphatic rings. The van der Waals surface area contributed by atoms with E-state index in [0.717, 1.165) is 61.3 Å². The summed E-state index contributed by atoms with van der Waals surface area (Å²) in [5.74, 6) is 0. The van der Waals surface area contributed by atoms with Crippen molar-refractivity contribution in [3.8, 4) is 77.9 Å². The van der Waals surface area contributed by atoms with Gasteiger partial charge in [-0.3, -0.25) is 9.59 Å². The predicted molar refractivity (Wildman–Crippen MR) is 591 cm³/mol. The highest BCUT2D eigenvalue weighted by Crippen LogP contribution is 2.59. The first-order valence-electron chi connectivity index (χ1n) is 45.8. The van der Waals surface area contributed by atoms with E-state index in [1.807, 2.05) is 58.0 Å². The molecule has 0 amide bonds. The maximum atomic E-state index is 13.0. The van der Waals surface area contributed by atoms with Gasteiger partial charge in [-0.25, -0.2) is 0 Å². The highest BCUT2D eigenvalue weighted by Gasteiger charge is 2.52. The van der Waals surface area contributed by atoms with Crippen LogP contribution in [-0.2, 0) is 9.31 Å². The summed E-state index contributed by atoms with van der Waals surface area (Å²) >= 11 is 14.0. The summed E-state index contributed by atoms with van der Waals surface area (Å²) in [6.07, 6.45) is 1.90. The zero-order chi connectivity index (χ0) is 90.5. The third-order valence-corrected chi connectivity index (χ3v) is 29.3. The molecule has 0 aromatic heterocycles. The Kier molecular flexibility index (Phi) is 21.9. The SMILES string of the molecule is Brc1ccc2c3c(-c4ccccc4)c4c(cc5c6ccccc6c6cccc4c65)c(-c4ccccc4)c3c3cccc1c32.C.C.CC(Cl)Cl.CC1(C)OB(c2ccc(-c3ccc4ccccc4c3)cc2C=O)OC1(C)C.O=Cc1cc(-c2ccc3ccccc3c2)ccc1-c1ccc2c3c(-c4ccccc4)c4c(cc5c6ccccc6c6cccc4c65)c(-c4ccccc4)c3c3cccc1c32. The lowest BCUT2D eigenvalue weighted by molar-refractivity contribution is 0.00578. The molecule has 0 radical (unpaired) electrons. The minimum Gasteiger partial charge on any atom is -0.399 e. The summed E-state index contributed by atoms with van der Waals surface area (Å²) in [6.45, 7) is 9.74. The molecule has 0 unspecified atom stereocenters. The van der Waals surface area contributed by atoms with Crippen molar-refractivity contribution in [1.82, 2.24) is 0 Å². The molecule has 8 heteroatoms. The standard InChI is InChI=1S/C59H34O.C42H23Br.C23H23BO3.C2H4Cl2.2CH4/c60-34-41-32-40(39-26-25-35-13-7-8-18-38(35)31-39)27-28-42(41)45-29-30-50-55-47(45)22-12-24-49(55)58-53(36-14-3-1-4-15-36)52-33-51-44-20-10-9-19-43(44)46-21-11-23-48(56(46)51)57(52)54(59(50)58)37-16-5-2-6-17-37;43-35-22-21-32-39-29(35)18-10-20-31(39)41-36(24-11-3-1-4-12-24)34-23-33-27-16-8-7-15-26(27)28-17-9-19-30(38(28)33)40(34)37(42(32)41)25-13-5-2-6-14-25;1-22(2)23(3,4)27-24(26-22)21-12-11-19(14-20(21)15-25)18-10-9-16-7-5-6-8-17(16)13-18;1-2(3)4;;/h1-34H;1-23H;5-15H,1-4H3;2H,1H3;2*1H4. The van der Waals surface area contributed by atoms with Gasteiger partial charge in [-0.2, -0.15) is 0 Å². The molecule has 0 N–H and O–H groups in total. The quantitative estimate of drug-likeness (QED) is 0.0593. The normalized spacial score (nSPS) is 13.1. The average Bonchev–Trinajstić information content (AvgIpc) is 1.52. The Bertz CT molecular complexity index is 9220. The Balaban J connectivity index is 0.000000123. The number of carbonyl (C=O) groups is 2. The molecule has 26 aromatic rings. The first-order valence-corrected chi connectivity index (χ1v) is 47.4. The lowest BCUT2D eigenvalue weighted by atomic mass is 9.75. The summed E-state index contributed by atoms with van der Waals surface area (Å²) in [5, 5.41) is 41.0. The first kappa shape index (κ1) is 86.7. The highest BCUT2D eigenvalue weighted by atomic mass is 79.9. The van der Waals surface area contributed by atoms with E-state index in [9.17, 15) is 9.59 Å². The number of hydrogen-bond donors (Lipinski definition) is 0. The second-order valence-electron chi connectivity index (χ2n) is 36.5. The van der Waals surface area contributed by atoms with Gasteiger partial charge < -0.3 is 9.31 Å². The molecule has 0 bridgehead atoms. The van der Waals surface area contributed by atoms with E-state index in [-0.39, 0.29) is 19.7 Å². The molecule has 27 rings (SSSR count). The summed E-state index contributed by atoms with van der Waals surface area (Å²) in [6, 6.07) is 145. The van der Waals surface area contributed by atoms with E-state index < -0.39 is 18.3 Å². The van der Waals surface area contributed by atoms with Gasteiger partial charge in [-0.1, -0.05) is 389 Å². The molecule has 136 heavy (non-hydrogen) atoms. The number of alkyl halides is 2. The number of benzene rings is 22. The zero-order valence-electron chi connectivity index (χ0n) is 74.2. The number of aldehydes is 2. The number of hydrogen-bond acceptors (Lipinski definition) is 4. The van der Waals surface area contributed by atoms with E-state index in [4.69, 9.17) is 32.5 Å². The van der Waals surface area contributed by atoms with Crippen molar-refractivity contribution in [3.05, 3.63) is 416 Å². The molecule has 0 atom stereocenters. The molecule has 652 valence electrons. The lowest BCUT2D eigenvalue weighted by Gasteiger charge is -2.32. The van der Waals surface area contributed by atoms with Crippen molar-refractivity contribution >= 4 is 237 Å². The Morgan fingerprint density at radius 2 is 0.551 bits per heavy atom. The Labute approximate surface area is 808 Å². The van der Waals surface area contributed by atoms with Crippen LogP contribution in [0, 0.1) is 0 Å². The second-order valence-corrected chi connectivity index (χ2v) is 38.9. The van der Waals surface area contributed by atoms with Crippen molar-refractivity contribution in [2.45, 2.75) is 65.5 Å². The van der Waals surface area contributed by atoms with Gasteiger partial charge in [0.15, 0.2) is 6.29 Å². The van der Waals surface area contributed by atoms with E-state index in [0.29, 0.717) is 11.1 Å². The van der Waals surface area contributed by atoms with E-state index in [1.54, 1.807) is 6.92 Å². The third kappa shape index (κ3) is 13.9. The minimum atomic E-state index is -0.541. The van der Waals surface area contributed by atoms with Crippen LogP contribution < -0.4 is 5.46 Å². The Morgan fingerprint density at radius 1 is 0.250 bits per heavy atom. The molecule has 4 nitrogen and oxygen atoms in total. The van der Waals surface area contributed by atoms with Crippen LogP contribution in [0.1, 0.15) is 70.2 Å².